The highest BCUT2D eigenvalue weighted by Gasteiger charge is 2.27. The van der Waals surface area contributed by atoms with Gasteiger partial charge in [0.2, 0.25) is 0 Å². The maximum atomic E-state index is 9.75. The second-order valence-corrected chi connectivity index (χ2v) is 3.42. The third kappa shape index (κ3) is 16.1. The minimum absolute atomic E-state index is 0.0590. The van der Waals surface area contributed by atoms with Crippen molar-refractivity contribution >= 4 is 7.25 Å². The molecule has 6 N–H and O–H groups in total. The van der Waals surface area contributed by atoms with Crippen molar-refractivity contribution in [1.82, 2.24) is 0 Å². The average molecular weight is 251 g/mol. The van der Waals surface area contributed by atoms with E-state index < -0.39 is 7.25 Å². The van der Waals surface area contributed by atoms with Crippen LogP contribution in [0.25, 0.3) is 0 Å². The Morgan fingerprint density at radius 1 is 0.812 bits per heavy atom. The molecule has 0 aromatic carbocycles. The van der Waals surface area contributed by atoms with Gasteiger partial charge in [0, 0.05) is 39.1 Å². The van der Waals surface area contributed by atoms with Crippen LogP contribution in [-0.2, 0) is 0 Å². The molecule has 0 radical (unpaired) electrons. The Labute approximate surface area is 91.2 Å². The Morgan fingerprint density at radius 2 is 1.00 bits per heavy atom. The van der Waals surface area contributed by atoms with Crippen molar-refractivity contribution in [2.75, 3.05) is 19.8 Å². The van der Waals surface area contributed by atoms with Crippen molar-refractivity contribution in [2.24, 2.45) is 0 Å². The van der Waals surface area contributed by atoms with E-state index in [1.807, 2.05) is 0 Å². The maximum absolute atomic E-state index is 9.75. The molecule has 0 aromatic rings. The van der Waals surface area contributed by atoms with E-state index >= 15 is 0 Å². The topological polar surface area (TPSA) is 88.3 Å². The van der Waals surface area contributed by atoms with E-state index in [0.29, 0.717) is 19.3 Å². The van der Waals surface area contributed by atoms with E-state index in [1.54, 1.807) is 0 Å². The van der Waals surface area contributed by atoms with Gasteiger partial charge in [-0.2, -0.15) is 0 Å². The molecule has 0 heterocycles. The standard InChI is InChI=1S/C7H17NO3.BF4/c8-7(1-4-9,2-5-10)3-6-11;2-1(3,4)5/h9-11H,1-6,8H2;/q;-1/p+1. The summed E-state index contributed by atoms with van der Waals surface area (Å²) in [6.07, 6.45) is 1.61. The normalized spacial score (nSPS) is 12.0. The summed E-state index contributed by atoms with van der Waals surface area (Å²) in [5, 5.41) is 26.0. The van der Waals surface area contributed by atoms with Crippen LogP contribution < -0.4 is 5.73 Å². The van der Waals surface area contributed by atoms with Crippen LogP contribution in [-0.4, -0.2) is 47.9 Å². The van der Waals surface area contributed by atoms with Crippen molar-refractivity contribution in [3.05, 3.63) is 0 Å². The predicted molar refractivity (Wildman–Crippen MR) is 50.9 cm³/mol. The lowest BCUT2D eigenvalue weighted by Gasteiger charge is -2.22. The summed E-state index contributed by atoms with van der Waals surface area (Å²) in [5.74, 6) is 0. The Morgan fingerprint density at radius 3 is 1.12 bits per heavy atom. The van der Waals surface area contributed by atoms with Crippen LogP contribution in [0.3, 0.4) is 0 Å². The number of hydrogen-bond acceptors (Lipinski definition) is 3. The average Bonchev–Trinajstić information content (AvgIpc) is 2.01. The molecule has 0 fully saturated rings. The van der Waals surface area contributed by atoms with Crippen molar-refractivity contribution in [3.8, 4) is 0 Å². The molecule has 0 aliphatic carbocycles. The van der Waals surface area contributed by atoms with Crippen molar-refractivity contribution in [1.29, 1.82) is 0 Å². The third-order valence-corrected chi connectivity index (χ3v) is 1.93. The Kier molecular flexibility index (Phi) is 9.83. The molecular formula is C7H18BF4NO3. The van der Waals surface area contributed by atoms with E-state index in [1.165, 1.54) is 0 Å². The van der Waals surface area contributed by atoms with Gasteiger partial charge in [0.15, 0.2) is 0 Å². The molecule has 0 rings (SSSR count). The lowest BCUT2D eigenvalue weighted by atomic mass is 9.90. The first-order chi connectivity index (χ1) is 7.18. The first-order valence-corrected chi connectivity index (χ1v) is 4.74. The summed E-state index contributed by atoms with van der Waals surface area (Å²) < 4.78 is 39.0. The van der Waals surface area contributed by atoms with Gasteiger partial charge in [0.05, 0.1) is 0 Å². The number of aliphatic hydroxyl groups is 3. The minimum Gasteiger partial charge on any atom is -0.418 e. The first-order valence-electron chi connectivity index (χ1n) is 4.74. The lowest BCUT2D eigenvalue weighted by Crippen LogP contribution is -2.73. The zero-order chi connectivity index (χ0) is 13.2. The van der Waals surface area contributed by atoms with E-state index in [4.69, 9.17) is 15.3 Å². The van der Waals surface area contributed by atoms with Gasteiger partial charge in [-0.05, 0) is 0 Å². The molecule has 16 heavy (non-hydrogen) atoms. The molecule has 0 aromatic heterocycles. The van der Waals surface area contributed by atoms with Gasteiger partial charge in [-0.1, -0.05) is 0 Å². The van der Waals surface area contributed by atoms with Gasteiger partial charge in [-0.25, -0.2) is 0 Å². The number of halogens is 4. The van der Waals surface area contributed by atoms with E-state index in [2.05, 4.69) is 5.73 Å². The maximum Gasteiger partial charge on any atom is 0.673 e. The monoisotopic (exact) mass is 251 g/mol. The van der Waals surface area contributed by atoms with Crippen LogP contribution in [0.4, 0.5) is 17.3 Å². The van der Waals surface area contributed by atoms with Crippen LogP contribution in [0.5, 0.6) is 0 Å². The van der Waals surface area contributed by atoms with Crippen LogP contribution >= 0.6 is 0 Å². The summed E-state index contributed by atoms with van der Waals surface area (Å²) >= 11 is 0. The molecule has 0 saturated heterocycles. The molecule has 0 atom stereocenters. The zero-order valence-corrected chi connectivity index (χ0v) is 8.88. The molecule has 0 amide bonds. The van der Waals surface area contributed by atoms with Gasteiger partial charge in [0.25, 0.3) is 0 Å². The molecular weight excluding hydrogens is 233 g/mol. The van der Waals surface area contributed by atoms with Crippen molar-refractivity contribution in [2.45, 2.75) is 24.8 Å². The van der Waals surface area contributed by atoms with Crippen LogP contribution in [0, 0.1) is 0 Å². The molecule has 4 nitrogen and oxygen atoms in total. The van der Waals surface area contributed by atoms with Gasteiger partial charge in [-0.3, -0.25) is 0 Å². The Balaban J connectivity index is 0. The van der Waals surface area contributed by atoms with E-state index in [-0.39, 0.29) is 25.4 Å². The van der Waals surface area contributed by atoms with Gasteiger partial charge in [-0.15, -0.1) is 0 Å². The fourth-order valence-corrected chi connectivity index (χ4v) is 1.09. The summed E-state index contributed by atoms with van der Waals surface area (Å²) in [5.41, 5.74) is 3.51. The van der Waals surface area contributed by atoms with Crippen LogP contribution in [0.15, 0.2) is 0 Å². The molecule has 0 aliphatic heterocycles. The molecule has 0 bridgehead atoms. The highest BCUT2D eigenvalue weighted by Crippen LogP contribution is 2.12. The molecule has 0 aliphatic rings. The van der Waals surface area contributed by atoms with Crippen LogP contribution in [0.1, 0.15) is 19.3 Å². The number of aliphatic hydroxyl groups excluding tert-OH is 3. The number of quaternary nitrogens is 1. The molecule has 100 valence electrons. The van der Waals surface area contributed by atoms with Crippen molar-refractivity contribution < 1.29 is 38.3 Å². The SMILES string of the molecule is F[B-](F)(F)F.[NH3+]C(CCO)(CCO)CCO. The van der Waals surface area contributed by atoms with E-state index in [0.717, 1.165) is 0 Å². The molecule has 0 unspecified atom stereocenters. The Bertz CT molecular complexity index is 147. The van der Waals surface area contributed by atoms with Gasteiger partial charge in [0.1, 0.15) is 5.54 Å². The molecule has 9 heteroatoms. The second kappa shape index (κ2) is 8.74. The van der Waals surface area contributed by atoms with Crippen LogP contribution in [0.2, 0.25) is 0 Å². The summed E-state index contributed by atoms with van der Waals surface area (Å²) in [6, 6.07) is 0. The first kappa shape index (κ1) is 18.0. The summed E-state index contributed by atoms with van der Waals surface area (Å²) in [4.78, 5) is 0. The lowest BCUT2D eigenvalue weighted by molar-refractivity contribution is -0.485. The smallest absolute Gasteiger partial charge is 0.418 e. The van der Waals surface area contributed by atoms with Gasteiger partial charge >= 0.3 is 7.25 Å². The third-order valence-electron chi connectivity index (χ3n) is 1.93. The predicted octanol–water partition coefficient (Wildman–Crippen LogP) is -0.586. The van der Waals surface area contributed by atoms with E-state index in [9.17, 15) is 17.3 Å². The quantitative estimate of drug-likeness (QED) is 0.376. The highest BCUT2D eigenvalue weighted by molar-refractivity contribution is 6.50. The molecule has 0 spiro atoms. The Hall–Kier alpha value is -0.375. The number of hydrogen-bond donors (Lipinski definition) is 4. The fourth-order valence-electron chi connectivity index (χ4n) is 1.09. The number of rotatable bonds is 6. The fraction of sp³-hybridized carbons (Fsp3) is 1.00. The second-order valence-electron chi connectivity index (χ2n) is 3.42. The highest BCUT2D eigenvalue weighted by atomic mass is 19.5. The largest absolute Gasteiger partial charge is 0.673 e. The molecule has 0 saturated carbocycles. The summed E-state index contributed by atoms with van der Waals surface area (Å²) in [7, 11) is -6.00. The summed E-state index contributed by atoms with van der Waals surface area (Å²) in [6.45, 7) is 0.177. The van der Waals surface area contributed by atoms with Gasteiger partial charge < -0.3 is 38.3 Å². The zero-order valence-electron chi connectivity index (χ0n) is 8.88. The minimum atomic E-state index is -6.00. The van der Waals surface area contributed by atoms with Crippen molar-refractivity contribution in [3.63, 3.8) is 0 Å².